The molecule has 17 heavy (non-hydrogen) atoms. The van der Waals surface area contributed by atoms with Crippen LogP contribution in [0.5, 0.6) is 0 Å². The first-order chi connectivity index (χ1) is 8.33. The standard InChI is InChI=1S/C6H12ClNS.C6H13NS/c7-3-1-5-9-6-2-4-8;1-2-5-8-6-3-4-7/h1,3H,2,4-6,8H2;2H,1,3-7H2/b3-1-;. The van der Waals surface area contributed by atoms with E-state index in [2.05, 4.69) is 6.58 Å². The zero-order valence-electron chi connectivity index (χ0n) is 10.4. The smallest absolute Gasteiger partial charge is 0.0125 e. The van der Waals surface area contributed by atoms with E-state index in [0.29, 0.717) is 0 Å². The van der Waals surface area contributed by atoms with E-state index < -0.39 is 0 Å². The van der Waals surface area contributed by atoms with Crippen LogP contribution in [-0.2, 0) is 0 Å². The molecular weight excluding hydrogens is 272 g/mol. The third kappa shape index (κ3) is 26.2. The van der Waals surface area contributed by atoms with Crippen LogP contribution in [0.2, 0.25) is 0 Å². The molecule has 0 heterocycles. The minimum Gasteiger partial charge on any atom is -0.330 e. The first-order valence-electron chi connectivity index (χ1n) is 5.75. The van der Waals surface area contributed by atoms with Gasteiger partial charge in [-0.1, -0.05) is 23.8 Å². The average Bonchev–Trinajstić information content (AvgIpc) is 2.36. The normalized spacial score (nSPS) is 10.1. The number of thioether (sulfide) groups is 2. The fourth-order valence-corrected chi connectivity index (χ4v) is 2.39. The summed E-state index contributed by atoms with van der Waals surface area (Å²) in [6, 6.07) is 0. The topological polar surface area (TPSA) is 52.0 Å². The van der Waals surface area contributed by atoms with Crippen molar-refractivity contribution in [3.05, 3.63) is 24.3 Å². The van der Waals surface area contributed by atoms with Gasteiger partial charge in [0.1, 0.15) is 0 Å². The Morgan fingerprint density at radius 3 is 1.94 bits per heavy atom. The van der Waals surface area contributed by atoms with Crippen LogP contribution in [0.25, 0.3) is 0 Å². The van der Waals surface area contributed by atoms with Crippen molar-refractivity contribution in [2.75, 3.05) is 36.1 Å². The Morgan fingerprint density at radius 1 is 1.00 bits per heavy atom. The summed E-state index contributed by atoms with van der Waals surface area (Å²) < 4.78 is 0. The maximum Gasteiger partial charge on any atom is 0.0125 e. The zero-order chi connectivity index (χ0) is 13.2. The van der Waals surface area contributed by atoms with Crippen LogP contribution in [0.1, 0.15) is 12.8 Å². The molecule has 2 nitrogen and oxygen atoms in total. The molecular formula is C12H25ClN2S2. The molecule has 0 aromatic heterocycles. The lowest BCUT2D eigenvalue weighted by Crippen LogP contribution is -1.99. The predicted molar refractivity (Wildman–Crippen MR) is 87.2 cm³/mol. The summed E-state index contributed by atoms with van der Waals surface area (Å²) in [4.78, 5) is 0. The lowest BCUT2D eigenvalue weighted by Gasteiger charge is -1.92. The summed E-state index contributed by atoms with van der Waals surface area (Å²) in [7, 11) is 0. The Balaban J connectivity index is 0. The van der Waals surface area contributed by atoms with E-state index in [-0.39, 0.29) is 0 Å². The number of hydrogen-bond acceptors (Lipinski definition) is 4. The van der Waals surface area contributed by atoms with Crippen molar-refractivity contribution >= 4 is 35.1 Å². The van der Waals surface area contributed by atoms with Crippen LogP contribution < -0.4 is 11.5 Å². The second-order valence-electron chi connectivity index (χ2n) is 3.08. The van der Waals surface area contributed by atoms with Gasteiger partial charge in [0.2, 0.25) is 0 Å². The summed E-state index contributed by atoms with van der Waals surface area (Å²) in [6.45, 7) is 5.21. The van der Waals surface area contributed by atoms with Crippen LogP contribution >= 0.6 is 35.1 Å². The Labute approximate surface area is 120 Å². The molecule has 0 radical (unpaired) electrons. The van der Waals surface area contributed by atoms with Gasteiger partial charge in [-0.2, -0.15) is 23.5 Å². The van der Waals surface area contributed by atoms with Crippen molar-refractivity contribution < 1.29 is 0 Å². The van der Waals surface area contributed by atoms with E-state index in [4.69, 9.17) is 23.1 Å². The highest BCUT2D eigenvalue weighted by molar-refractivity contribution is 7.99. The Hall–Kier alpha value is 0.390. The van der Waals surface area contributed by atoms with Gasteiger partial charge in [0.05, 0.1) is 0 Å². The van der Waals surface area contributed by atoms with Gasteiger partial charge in [-0.15, -0.1) is 6.58 Å². The SMILES string of the molecule is C=CCSCCCN.NCCCSC/C=C\Cl. The van der Waals surface area contributed by atoms with E-state index in [0.717, 1.165) is 43.2 Å². The second-order valence-corrected chi connectivity index (χ2v) is 5.64. The number of rotatable bonds is 10. The van der Waals surface area contributed by atoms with Gasteiger partial charge in [-0.25, -0.2) is 0 Å². The first kappa shape index (κ1) is 19.7. The number of halogens is 1. The summed E-state index contributed by atoms with van der Waals surface area (Å²) in [5.74, 6) is 4.36. The molecule has 0 spiro atoms. The summed E-state index contributed by atoms with van der Waals surface area (Å²) in [5, 5.41) is 0. The summed E-state index contributed by atoms with van der Waals surface area (Å²) in [6.07, 6.45) is 6.07. The van der Waals surface area contributed by atoms with E-state index in [9.17, 15) is 0 Å². The molecule has 0 saturated heterocycles. The van der Waals surface area contributed by atoms with Gasteiger partial charge in [0, 0.05) is 17.0 Å². The molecule has 0 rings (SSSR count). The van der Waals surface area contributed by atoms with Crippen molar-refractivity contribution in [1.82, 2.24) is 0 Å². The van der Waals surface area contributed by atoms with E-state index in [1.54, 1.807) is 5.54 Å². The minimum absolute atomic E-state index is 0.789. The summed E-state index contributed by atoms with van der Waals surface area (Å²) in [5.41, 5.74) is 12.1. The molecule has 0 aliphatic rings. The molecule has 0 unspecified atom stereocenters. The molecule has 0 aliphatic heterocycles. The van der Waals surface area contributed by atoms with Crippen LogP contribution in [0, 0.1) is 0 Å². The predicted octanol–water partition coefficient (Wildman–Crippen LogP) is 3.08. The maximum atomic E-state index is 5.30. The average molecular weight is 297 g/mol. The van der Waals surface area contributed by atoms with Crippen molar-refractivity contribution in [3.63, 3.8) is 0 Å². The van der Waals surface area contributed by atoms with Gasteiger partial charge in [0.15, 0.2) is 0 Å². The molecule has 5 heteroatoms. The zero-order valence-corrected chi connectivity index (χ0v) is 12.8. The van der Waals surface area contributed by atoms with E-state index in [1.807, 2.05) is 35.7 Å². The number of hydrogen-bond donors (Lipinski definition) is 2. The number of nitrogens with two attached hydrogens (primary N) is 2. The molecule has 0 aliphatic carbocycles. The third-order valence-corrected chi connectivity index (χ3v) is 3.76. The highest BCUT2D eigenvalue weighted by Crippen LogP contribution is 2.01. The molecule has 0 aromatic carbocycles. The largest absolute Gasteiger partial charge is 0.330 e. The lowest BCUT2D eigenvalue weighted by atomic mass is 10.5. The molecule has 102 valence electrons. The van der Waals surface area contributed by atoms with Crippen molar-refractivity contribution in [2.24, 2.45) is 11.5 Å². The van der Waals surface area contributed by atoms with Crippen LogP contribution in [0.3, 0.4) is 0 Å². The fraction of sp³-hybridized carbons (Fsp3) is 0.667. The first-order valence-corrected chi connectivity index (χ1v) is 8.49. The van der Waals surface area contributed by atoms with Crippen molar-refractivity contribution in [2.45, 2.75) is 12.8 Å². The highest BCUT2D eigenvalue weighted by Gasteiger charge is 1.82. The van der Waals surface area contributed by atoms with Crippen LogP contribution in [0.15, 0.2) is 24.3 Å². The van der Waals surface area contributed by atoms with Gasteiger partial charge >= 0.3 is 0 Å². The molecule has 0 aromatic rings. The van der Waals surface area contributed by atoms with E-state index in [1.165, 1.54) is 5.75 Å². The fourth-order valence-electron chi connectivity index (χ4n) is 0.725. The molecule has 0 bridgehead atoms. The second kappa shape index (κ2) is 21.7. The Bertz CT molecular complexity index is 167. The molecule has 0 amide bonds. The third-order valence-electron chi connectivity index (χ3n) is 1.52. The maximum absolute atomic E-state index is 5.30. The molecule has 0 atom stereocenters. The van der Waals surface area contributed by atoms with Crippen LogP contribution in [-0.4, -0.2) is 36.1 Å². The molecule has 0 fully saturated rings. The molecule has 4 N–H and O–H groups in total. The molecule has 0 saturated carbocycles. The van der Waals surface area contributed by atoms with Gasteiger partial charge < -0.3 is 11.5 Å². The Morgan fingerprint density at radius 2 is 1.53 bits per heavy atom. The van der Waals surface area contributed by atoms with E-state index >= 15 is 0 Å². The van der Waals surface area contributed by atoms with Gasteiger partial charge in [-0.3, -0.25) is 0 Å². The Kier molecular flexibility index (Phi) is 25.1. The highest BCUT2D eigenvalue weighted by atomic mass is 35.5. The van der Waals surface area contributed by atoms with Gasteiger partial charge in [-0.05, 0) is 37.4 Å². The van der Waals surface area contributed by atoms with Gasteiger partial charge in [0.25, 0.3) is 0 Å². The van der Waals surface area contributed by atoms with Crippen LogP contribution in [0.4, 0.5) is 0 Å². The lowest BCUT2D eigenvalue weighted by molar-refractivity contribution is 0.944. The minimum atomic E-state index is 0.789. The summed E-state index contributed by atoms with van der Waals surface area (Å²) >= 11 is 9.03. The van der Waals surface area contributed by atoms with Crippen molar-refractivity contribution in [1.29, 1.82) is 0 Å². The quantitative estimate of drug-likeness (QED) is 0.480. The monoisotopic (exact) mass is 296 g/mol. The van der Waals surface area contributed by atoms with Crippen molar-refractivity contribution in [3.8, 4) is 0 Å².